The van der Waals surface area contributed by atoms with E-state index in [4.69, 9.17) is 4.74 Å². The molecule has 0 aromatic carbocycles. The minimum atomic E-state index is -0.365. The highest BCUT2D eigenvalue weighted by molar-refractivity contribution is 5.79. The number of unbranched alkanes of at least 4 members (excludes halogenated alkanes) is 1. The molecule has 0 spiro atoms. The van der Waals surface area contributed by atoms with E-state index in [1.807, 2.05) is 53.7 Å². The summed E-state index contributed by atoms with van der Waals surface area (Å²) in [6.45, 7) is 19.5. The highest BCUT2D eigenvalue weighted by Gasteiger charge is 2.22. The molecule has 0 aliphatic heterocycles. The molecule has 0 aromatic rings. The van der Waals surface area contributed by atoms with E-state index >= 15 is 0 Å². The summed E-state index contributed by atoms with van der Waals surface area (Å²) in [6, 6.07) is -0.561. The van der Waals surface area contributed by atoms with Gasteiger partial charge in [0.05, 0.1) is 24.7 Å². The first-order valence-electron chi connectivity index (χ1n) is 14.4. The van der Waals surface area contributed by atoms with Crippen LogP contribution in [0, 0.1) is 5.92 Å². The molecule has 0 aliphatic carbocycles. The first-order chi connectivity index (χ1) is 18.3. The highest BCUT2D eigenvalue weighted by atomic mass is 16.5. The van der Waals surface area contributed by atoms with E-state index in [9.17, 15) is 19.2 Å². The molecule has 2 unspecified atom stereocenters. The Morgan fingerprint density at radius 3 is 1.87 bits per heavy atom. The van der Waals surface area contributed by atoms with E-state index in [1.54, 1.807) is 6.92 Å². The first kappa shape index (κ1) is 38.3. The molecule has 0 saturated carbocycles. The van der Waals surface area contributed by atoms with Crippen LogP contribution in [0.4, 0.5) is 0 Å². The Balaban J connectivity index is 0. The molecule has 226 valence electrons. The molecule has 0 saturated heterocycles. The maximum absolute atomic E-state index is 12.8. The molecule has 0 bridgehead atoms. The molecule has 3 amide bonds. The molecule has 2 atom stereocenters. The first-order valence-corrected chi connectivity index (χ1v) is 14.4. The van der Waals surface area contributed by atoms with Gasteiger partial charge in [-0.05, 0) is 58.4 Å². The van der Waals surface area contributed by atoms with Gasteiger partial charge in [-0.1, -0.05) is 47.1 Å². The Morgan fingerprint density at radius 1 is 0.821 bits per heavy atom. The van der Waals surface area contributed by atoms with Crippen LogP contribution in [0.25, 0.3) is 0 Å². The van der Waals surface area contributed by atoms with Crippen molar-refractivity contribution in [3.05, 3.63) is 23.6 Å². The predicted molar refractivity (Wildman–Crippen MR) is 159 cm³/mol. The zero-order valence-corrected chi connectivity index (χ0v) is 26.2. The van der Waals surface area contributed by atoms with Crippen LogP contribution in [0.2, 0.25) is 0 Å². The standard InChI is InChI=1S/C24H43N3O4.C6H13NO/c1-9-11-21(24(16(3)4)26-19(8)29)25-15-23(30)27-20(14-13-18(7)28)22(12-10-2)31-17(5)6;1-3-4-5-7-6(2)8/h11-12,16-17,20,24-25H,9-10,13-15H2,1-8H3,(H,26,29)(H,27,30);3-5H2,1-2H3,(H,7,8)/b21-11-,22-12-;. The van der Waals surface area contributed by atoms with Crippen molar-refractivity contribution in [1.29, 1.82) is 0 Å². The molecule has 0 radical (unpaired) electrons. The fraction of sp³-hybridized carbons (Fsp3) is 0.733. The van der Waals surface area contributed by atoms with Crippen LogP contribution in [-0.2, 0) is 23.9 Å². The Bertz CT molecular complexity index is 790. The second-order valence-electron chi connectivity index (χ2n) is 10.2. The summed E-state index contributed by atoms with van der Waals surface area (Å²) in [7, 11) is 0. The van der Waals surface area contributed by atoms with Gasteiger partial charge in [0.15, 0.2) is 0 Å². The number of Topliss-reactive ketones (excluding diaryl/α,β-unsaturated/α-hetero) is 1. The third-order valence-corrected chi connectivity index (χ3v) is 5.38. The van der Waals surface area contributed by atoms with Crippen molar-refractivity contribution >= 4 is 23.5 Å². The quantitative estimate of drug-likeness (QED) is 0.146. The Labute approximate surface area is 237 Å². The zero-order valence-electron chi connectivity index (χ0n) is 26.2. The SMILES string of the molecule is CC/C=C(\OC(C)C)C(CCC(C)=O)NC(=O)CN/C(=C\CC)C(NC(C)=O)C(C)C.CCCCNC(C)=O. The molecule has 9 nitrogen and oxygen atoms in total. The van der Waals surface area contributed by atoms with E-state index in [1.165, 1.54) is 13.8 Å². The Morgan fingerprint density at radius 2 is 1.44 bits per heavy atom. The van der Waals surface area contributed by atoms with Gasteiger partial charge in [-0.15, -0.1) is 0 Å². The maximum atomic E-state index is 12.8. The van der Waals surface area contributed by atoms with E-state index in [2.05, 4.69) is 28.2 Å². The van der Waals surface area contributed by atoms with Gasteiger partial charge in [0, 0.05) is 32.5 Å². The number of ether oxygens (including phenoxy) is 1. The van der Waals surface area contributed by atoms with Gasteiger partial charge in [-0.25, -0.2) is 0 Å². The van der Waals surface area contributed by atoms with E-state index in [0.29, 0.717) is 18.6 Å². The van der Waals surface area contributed by atoms with Crippen molar-refractivity contribution in [1.82, 2.24) is 21.3 Å². The lowest BCUT2D eigenvalue weighted by molar-refractivity contribution is -0.122. The Kier molecular flexibility index (Phi) is 22.7. The molecular weight excluding hydrogens is 496 g/mol. The molecule has 39 heavy (non-hydrogen) atoms. The summed E-state index contributed by atoms with van der Waals surface area (Å²) >= 11 is 0. The molecule has 0 heterocycles. The molecule has 4 N–H and O–H groups in total. The lowest BCUT2D eigenvalue weighted by Gasteiger charge is -2.27. The summed E-state index contributed by atoms with van der Waals surface area (Å²) in [5.41, 5.74) is 0.825. The van der Waals surface area contributed by atoms with Crippen molar-refractivity contribution in [3.8, 4) is 0 Å². The number of hydrogen-bond acceptors (Lipinski definition) is 6. The maximum Gasteiger partial charge on any atom is 0.239 e. The molecule has 0 rings (SSSR count). The van der Waals surface area contributed by atoms with Crippen LogP contribution < -0.4 is 21.3 Å². The summed E-state index contributed by atoms with van der Waals surface area (Å²) in [4.78, 5) is 46.1. The number of nitrogens with one attached hydrogen (secondary N) is 4. The Hall–Kier alpha value is -2.84. The fourth-order valence-electron chi connectivity index (χ4n) is 3.60. The van der Waals surface area contributed by atoms with Crippen LogP contribution >= 0.6 is 0 Å². The van der Waals surface area contributed by atoms with Crippen molar-refractivity contribution in [2.45, 2.75) is 126 Å². The average Bonchev–Trinajstić information content (AvgIpc) is 2.82. The second-order valence-corrected chi connectivity index (χ2v) is 10.2. The largest absolute Gasteiger partial charge is 0.494 e. The van der Waals surface area contributed by atoms with E-state index in [0.717, 1.165) is 37.9 Å². The van der Waals surface area contributed by atoms with Gasteiger partial charge in [0.25, 0.3) is 0 Å². The van der Waals surface area contributed by atoms with Gasteiger partial charge in [-0.2, -0.15) is 0 Å². The van der Waals surface area contributed by atoms with Crippen LogP contribution in [0.3, 0.4) is 0 Å². The summed E-state index contributed by atoms with van der Waals surface area (Å²) in [5, 5.41) is 11.9. The third kappa shape index (κ3) is 21.8. The lowest BCUT2D eigenvalue weighted by atomic mass is 9.99. The normalized spacial score (nSPS) is 13.1. The minimum Gasteiger partial charge on any atom is -0.494 e. The topological polar surface area (TPSA) is 126 Å². The summed E-state index contributed by atoms with van der Waals surface area (Å²) in [5.74, 6) is 0.681. The molecule has 0 fully saturated rings. The average molecular weight is 553 g/mol. The summed E-state index contributed by atoms with van der Waals surface area (Å²) in [6.07, 6.45) is 8.52. The number of rotatable bonds is 18. The number of carbonyl (C=O) groups is 4. The smallest absolute Gasteiger partial charge is 0.239 e. The van der Waals surface area contributed by atoms with Crippen molar-refractivity contribution in [2.24, 2.45) is 5.92 Å². The molecule has 9 heteroatoms. The predicted octanol–water partition coefficient (Wildman–Crippen LogP) is 4.53. The van der Waals surface area contributed by atoms with Gasteiger partial charge in [0.1, 0.15) is 11.5 Å². The van der Waals surface area contributed by atoms with Crippen molar-refractivity contribution in [3.63, 3.8) is 0 Å². The number of allylic oxidation sites excluding steroid dienone is 2. The van der Waals surface area contributed by atoms with Crippen LogP contribution in [0.15, 0.2) is 23.6 Å². The lowest BCUT2D eigenvalue weighted by Crippen LogP contribution is -2.46. The van der Waals surface area contributed by atoms with Gasteiger partial charge in [0.2, 0.25) is 17.7 Å². The minimum absolute atomic E-state index is 0.0313. The van der Waals surface area contributed by atoms with Crippen LogP contribution in [0.5, 0.6) is 0 Å². The third-order valence-electron chi connectivity index (χ3n) is 5.38. The highest BCUT2D eigenvalue weighted by Crippen LogP contribution is 2.15. The zero-order chi connectivity index (χ0) is 30.4. The van der Waals surface area contributed by atoms with Crippen molar-refractivity contribution in [2.75, 3.05) is 13.1 Å². The second kappa shape index (κ2) is 23.1. The van der Waals surface area contributed by atoms with Gasteiger partial charge in [-0.3, -0.25) is 14.4 Å². The van der Waals surface area contributed by atoms with E-state index in [-0.39, 0.29) is 54.2 Å². The number of ketones is 1. The van der Waals surface area contributed by atoms with E-state index < -0.39 is 0 Å². The molecule has 0 aromatic heterocycles. The monoisotopic (exact) mass is 552 g/mol. The van der Waals surface area contributed by atoms with Gasteiger partial charge < -0.3 is 30.8 Å². The number of hydrogen-bond donors (Lipinski definition) is 4. The number of carbonyl (C=O) groups excluding carboxylic acids is 4. The fourth-order valence-corrected chi connectivity index (χ4v) is 3.60. The van der Waals surface area contributed by atoms with Crippen molar-refractivity contribution < 1.29 is 23.9 Å². The van der Waals surface area contributed by atoms with Crippen LogP contribution in [-0.4, -0.2) is 54.8 Å². The molecular formula is C30H56N4O5. The number of amides is 3. The van der Waals surface area contributed by atoms with Gasteiger partial charge >= 0.3 is 0 Å². The molecule has 0 aliphatic rings. The van der Waals surface area contributed by atoms with Crippen LogP contribution in [0.1, 0.15) is 108 Å². The summed E-state index contributed by atoms with van der Waals surface area (Å²) < 4.78 is 5.92.